The van der Waals surface area contributed by atoms with E-state index in [1.165, 1.54) is 6.20 Å². The zero-order valence-corrected chi connectivity index (χ0v) is 11.4. The highest BCUT2D eigenvalue weighted by molar-refractivity contribution is 5.43. The van der Waals surface area contributed by atoms with Crippen LogP contribution < -0.4 is 10.6 Å². The summed E-state index contributed by atoms with van der Waals surface area (Å²) in [6, 6.07) is 2.45. The molecule has 1 fully saturated rings. The molecule has 0 bridgehead atoms. The van der Waals surface area contributed by atoms with Gasteiger partial charge in [-0.15, -0.1) is 0 Å². The smallest absolute Gasteiger partial charge is 0.354 e. The first-order valence-corrected chi connectivity index (χ1v) is 7.02. The molecule has 0 radical (unpaired) electrons. The van der Waals surface area contributed by atoms with Crippen molar-refractivity contribution >= 4 is 5.82 Å². The van der Waals surface area contributed by atoms with Gasteiger partial charge in [0.2, 0.25) is 0 Å². The van der Waals surface area contributed by atoms with Crippen LogP contribution in [0.4, 0.5) is 19.0 Å². The van der Waals surface area contributed by atoms with Crippen LogP contribution in [0.15, 0.2) is 18.3 Å². The van der Waals surface area contributed by atoms with Gasteiger partial charge >= 0.3 is 6.18 Å². The van der Waals surface area contributed by atoms with Crippen LogP contribution in [-0.4, -0.2) is 24.1 Å². The Kier molecular flexibility index (Phi) is 4.86. The Hall–Kier alpha value is -1.30. The maximum absolute atomic E-state index is 12.8. The lowest BCUT2D eigenvalue weighted by atomic mass is 10.1. The number of anilines is 1. The first kappa shape index (κ1) is 15.1. The molecule has 112 valence electrons. The van der Waals surface area contributed by atoms with Crippen LogP contribution >= 0.6 is 0 Å². The van der Waals surface area contributed by atoms with E-state index >= 15 is 0 Å². The normalized spacial score (nSPS) is 16.6. The Bertz CT molecular complexity index is 428. The molecular weight excluding hydrogens is 267 g/mol. The topological polar surface area (TPSA) is 42.1 Å². The van der Waals surface area contributed by atoms with E-state index in [4.69, 9.17) is 5.73 Å². The summed E-state index contributed by atoms with van der Waals surface area (Å²) in [4.78, 5) is 6.13. The van der Waals surface area contributed by atoms with E-state index in [9.17, 15) is 13.2 Å². The minimum atomic E-state index is -4.33. The van der Waals surface area contributed by atoms with Gasteiger partial charge in [0.15, 0.2) is 0 Å². The zero-order valence-electron chi connectivity index (χ0n) is 11.4. The SMILES string of the molecule is NCCCN(c1cc(C(F)(F)F)ccn1)C1CCCC1. The molecule has 2 rings (SSSR count). The summed E-state index contributed by atoms with van der Waals surface area (Å²) in [5.41, 5.74) is 4.89. The van der Waals surface area contributed by atoms with Crippen LogP contribution in [-0.2, 0) is 6.18 Å². The molecule has 1 heterocycles. The van der Waals surface area contributed by atoms with Crippen molar-refractivity contribution in [1.29, 1.82) is 0 Å². The van der Waals surface area contributed by atoms with E-state index in [2.05, 4.69) is 4.98 Å². The maximum Gasteiger partial charge on any atom is 0.416 e. The van der Waals surface area contributed by atoms with E-state index in [-0.39, 0.29) is 6.04 Å². The Labute approximate surface area is 117 Å². The average Bonchev–Trinajstić information content (AvgIpc) is 2.92. The number of hydrogen-bond donors (Lipinski definition) is 1. The molecule has 1 aromatic heterocycles. The number of pyridine rings is 1. The largest absolute Gasteiger partial charge is 0.416 e. The second kappa shape index (κ2) is 6.43. The Balaban J connectivity index is 2.23. The van der Waals surface area contributed by atoms with Crippen molar-refractivity contribution in [2.24, 2.45) is 5.73 Å². The molecule has 0 saturated heterocycles. The van der Waals surface area contributed by atoms with E-state index in [1.54, 1.807) is 0 Å². The number of alkyl halides is 3. The number of nitrogens with two attached hydrogens (primary N) is 1. The molecule has 6 heteroatoms. The lowest BCUT2D eigenvalue weighted by molar-refractivity contribution is -0.137. The summed E-state index contributed by atoms with van der Waals surface area (Å²) >= 11 is 0. The molecule has 1 aromatic rings. The second-order valence-corrected chi connectivity index (χ2v) is 5.17. The van der Waals surface area contributed by atoms with Crippen molar-refractivity contribution in [3.8, 4) is 0 Å². The van der Waals surface area contributed by atoms with Gasteiger partial charge in [-0.2, -0.15) is 13.2 Å². The van der Waals surface area contributed by atoms with Gasteiger partial charge in [-0.3, -0.25) is 0 Å². The molecule has 1 aliphatic carbocycles. The molecule has 0 aromatic carbocycles. The van der Waals surface area contributed by atoms with Crippen LogP contribution in [0.1, 0.15) is 37.7 Å². The molecule has 0 unspecified atom stereocenters. The first-order chi connectivity index (χ1) is 9.52. The highest BCUT2D eigenvalue weighted by Gasteiger charge is 2.32. The third-order valence-electron chi connectivity index (χ3n) is 3.74. The minimum Gasteiger partial charge on any atom is -0.354 e. The van der Waals surface area contributed by atoms with Crippen molar-refractivity contribution in [2.75, 3.05) is 18.0 Å². The Morgan fingerprint density at radius 3 is 2.60 bits per heavy atom. The quantitative estimate of drug-likeness (QED) is 0.904. The molecular formula is C14H20F3N3. The summed E-state index contributed by atoms with van der Waals surface area (Å²) < 4.78 is 38.4. The fourth-order valence-corrected chi connectivity index (χ4v) is 2.71. The van der Waals surface area contributed by atoms with Gasteiger partial charge in [-0.05, 0) is 37.9 Å². The van der Waals surface area contributed by atoms with E-state index in [1.807, 2.05) is 4.90 Å². The summed E-state index contributed by atoms with van der Waals surface area (Å²) in [5, 5.41) is 0. The van der Waals surface area contributed by atoms with Gasteiger partial charge in [0.25, 0.3) is 0 Å². The highest BCUT2D eigenvalue weighted by atomic mass is 19.4. The van der Waals surface area contributed by atoms with Gasteiger partial charge in [-0.25, -0.2) is 4.98 Å². The van der Waals surface area contributed by atoms with Crippen molar-refractivity contribution in [2.45, 2.75) is 44.3 Å². The molecule has 0 spiro atoms. The number of nitrogens with zero attached hydrogens (tertiary/aromatic N) is 2. The monoisotopic (exact) mass is 287 g/mol. The number of aromatic nitrogens is 1. The predicted octanol–water partition coefficient (Wildman–Crippen LogP) is 3.20. The fraction of sp³-hybridized carbons (Fsp3) is 0.643. The van der Waals surface area contributed by atoms with Crippen molar-refractivity contribution in [1.82, 2.24) is 4.98 Å². The van der Waals surface area contributed by atoms with Gasteiger partial charge in [-0.1, -0.05) is 12.8 Å². The van der Waals surface area contributed by atoms with Crippen LogP contribution in [0.5, 0.6) is 0 Å². The third kappa shape index (κ3) is 3.62. The van der Waals surface area contributed by atoms with Crippen LogP contribution in [0.25, 0.3) is 0 Å². The molecule has 0 amide bonds. The Morgan fingerprint density at radius 2 is 2.00 bits per heavy atom. The molecule has 0 atom stereocenters. The standard InChI is InChI=1S/C14H20F3N3/c15-14(16,17)11-6-8-19-13(10-11)20(9-3-7-18)12-4-1-2-5-12/h6,8,10,12H,1-5,7,9,18H2. The van der Waals surface area contributed by atoms with Crippen molar-refractivity contribution in [3.05, 3.63) is 23.9 Å². The van der Waals surface area contributed by atoms with Gasteiger partial charge in [0.05, 0.1) is 5.56 Å². The summed E-state index contributed by atoms with van der Waals surface area (Å²) in [7, 11) is 0. The van der Waals surface area contributed by atoms with Crippen LogP contribution in [0.3, 0.4) is 0 Å². The average molecular weight is 287 g/mol. The predicted molar refractivity (Wildman–Crippen MR) is 72.5 cm³/mol. The molecule has 20 heavy (non-hydrogen) atoms. The second-order valence-electron chi connectivity index (χ2n) is 5.17. The fourth-order valence-electron chi connectivity index (χ4n) is 2.71. The zero-order chi connectivity index (χ0) is 14.6. The van der Waals surface area contributed by atoms with E-state index in [0.717, 1.165) is 44.2 Å². The molecule has 1 aliphatic rings. The van der Waals surface area contributed by atoms with E-state index < -0.39 is 11.7 Å². The van der Waals surface area contributed by atoms with Crippen LogP contribution in [0, 0.1) is 0 Å². The summed E-state index contributed by atoms with van der Waals surface area (Å²) in [6.07, 6.45) is 1.96. The number of rotatable bonds is 5. The molecule has 0 aliphatic heterocycles. The van der Waals surface area contributed by atoms with Gasteiger partial charge in [0, 0.05) is 18.8 Å². The lowest BCUT2D eigenvalue weighted by Gasteiger charge is -2.30. The first-order valence-electron chi connectivity index (χ1n) is 7.02. The van der Waals surface area contributed by atoms with Crippen molar-refractivity contribution in [3.63, 3.8) is 0 Å². The van der Waals surface area contributed by atoms with Crippen molar-refractivity contribution < 1.29 is 13.2 Å². The Morgan fingerprint density at radius 1 is 1.30 bits per heavy atom. The minimum absolute atomic E-state index is 0.289. The molecule has 2 N–H and O–H groups in total. The number of halogens is 3. The molecule has 1 saturated carbocycles. The maximum atomic E-state index is 12.8. The van der Waals surface area contributed by atoms with Gasteiger partial charge in [0.1, 0.15) is 5.82 Å². The summed E-state index contributed by atoms with van der Waals surface area (Å²) in [6.45, 7) is 1.19. The van der Waals surface area contributed by atoms with E-state index in [0.29, 0.717) is 18.9 Å². The number of hydrogen-bond acceptors (Lipinski definition) is 3. The van der Waals surface area contributed by atoms with Gasteiger partial charge < -0.3 is 10.6 Å². The highest BCUT2D eigenvalue weighted by Crippen LogP contribution is 2.33. The third-order valence-corrected chi connectivity index (χ3v) is 3.74. The van der Waals surface area contributed by atoms with Crippen LogP contribution in [0.2, 0.25) is 0 Å². The molecule has 3 nitrogen and oxygen atoms in total. The lowest BCUT2D eigenvalue weighted by Crippen LogP contribution is -2.35. The summed E-state index contributed by atoms with van der Waals surface area (Å²) in [5.74, 6) is 0.417.